The number of hydrogen-bond acceptors (Lipinski definition) is 7. The monoisotopic (exact) mass is 456 g/mol. The van der Waals surface area contributed by atoms with Crippen LogP contribution < -0.4 is 9.80 Å². The predicted molar refractivity (Wildman–Crippen MR) is 137 cm³/mol. The molecular weight excluding hydrogens is 424 g/mol. The molecule has 0 unspecified atom stereocenters. The van der Waals surface area contributed by atoms with Gasteiger partial charge in [-0.3, -0.25) is 0 Å². The molecule has 34 heavy (non-hydrogen) atoms. The maximum absolute atomic E-state index is 5.05. The number of nitrogens with zero attached hydrogens (tertiary/aromatic N) is 8. The van der Waals surface area contributed by atoms with Crippen LogP contribution in [0.2, 0.25) is 0 Å². The minimum Gasteiger partial charge on any atom is -0.371 e. The van der Waals surface area contributed by atoms with Gasteiger partial charge in [-0.1, -0.05) is 12.1 Å². The Hall–Kier alpha value is -3.26. The van der Waals surface area contributed by atoms with Gasteiger partial charge in [-0.05, 0) is 70.5 Å². The highest BCUT2D eigenvalue weighted by Crippen LogP contribution is 2.28. The van der Waals surface area contributed by atoms with Crippen molar-refractivity contribution in [2.24, 2.45) is 0 Å². The first-order chi connectivity index (χ1) is 16.7. The molecule has 1 aromatic carbocycles. The lowest BCUT2D eigenvalue weighted by Gasteiger charge is -2.36. The molecular formula is C26H32N8. The zero-order valence-corrected chi connectivity index (χ0v) is 20.1. The van der Waals surface area contributed by atoms with Crippen LogP contribution in [0.3, 0.4) is 0 Å². The third-order valence-electron chi connectivity index (χ3n) is 7.42. The fourth-order valence-electron chi connectivity index (χ4n) is 5.35. The van der Waals surface area contributed by atoms with Gasteiger partial charge in [0.1, 0.15) is 5.52 Å². The summed E-state index contributed by atoms with van der Waals surface area (Å²) in [6.07, 6.45) is 7.87. The highest BCUT2D eigenvalue weighted by atomic mass is 15.4. The molecule has 3 aromatic heterocycles. The average Bonchev–Trinajstić information content (AvgIpc) is 3.34. The van der Waals surface area contributed by atoms with Crippen LogP contribution in [0, 0.1) is 0 Å². The lowest BCUT2D eigenvalue weighted by Crippen LogP contribution is -2.41. The van der Waals surface area contributed by atoms with E-state index in [1.165, 1.54) is 37.8 Å². The van der Waals surface area contributed by atoms with Crippen LogP contribution in [0.25, 0.3) is 28.1 Å². The first-order valence-electron chi connectivity index (χ1n) is 12.4. The Morgan fingerprint density at radius 2 is 1.59 bits per heavy atom. The number of aromatic nitrogens is 5. The summed E-state index contributed by atoms with van der Waals surface area (Å²) in [5.74, 6) is 0.878. The summed E-state index contributed by atoms with van der Waals surface area (Å²) in [6, 6.07) is 13.6. The Labute approximate surface area is 200 Å². The summed E-state index contributed by atoms with van der Waals surface area (Å²) >= 11 is 0. The lowest BCUT2D eigenvalue weighted by molar-refractivity contribution is 0.249. The Morgan fingerprint density at radius 1 is 0.824 bits per heavy atom. The van der Waals surface area contributed by atoms with E-state index in [4.69, 9.17) is 4.98 Å². The van der Waals surface area contributed by atoms with Crippen LogP contribution in [0.1, 0.15) is 32.1 Å². The summed E-state index contributed by atoms with van der Waals surface area (Å²) in [7, 11) is 4.37. The van der Waals surface area contributed by atoms with E-state index in [0.717, 1.165) is 60.2 Å². The van der Waals surface area contributed by atoms with Crippen molar-refractivity contribution in [3.8, 4) is 11.3 Å². The van der Waals surface area contributed by atoms with Gasteiger partial charge >= 0.3 is 0 Å². The highest BCUT2D eigenvalue weighted by Gasteiger charge is 2.21. The van der Waals surface area contributed by atoms with E-state index in [0.29, 0.717) is 6.04 Å². The number of piperidine rings is 2. The van der Waals surface area contributed by atoms with Gasteiger partial charge in [-0.2, -0.15) is 0 Å². The first kappa shape index (κ1) is 21.3. The van der Waals surface area contributed by atoms with Crippen molar-refractivity contribution in [2.45, 2.75) is 38.1 Å². The second-order valence-corrected chi connectivity index (χ2v) is 9.77. The van der Waals surface area contributed by atoms with Crippen molar-refractivity contribution in [3.63, 3.8) is 0 Å². The summed E-state index contributed by atoms with van der Waals surface area (Å²) in [6.45, 7) is 4.23. The van der Waals surface area contributed by atoms with Crippen LogP contribution in [0.15, 0.2) is 42.6 Å². The molecule has 4 aromatic rings. The number of anilines is 2. The normalized spacial score (nSPS) is 17.9. The standard InChI is InChI=1S/C26H32N8/c1-31(2)20-12-16-32(17-13-20)21-8-6-19(7-9-21)22-10-11-23-25(28-22)34-24(18-27-23)29-30-26(34)33-14-4-3-5-15-33/h6-11,18,20H,3-5,12-17H2,1-2H3. The largest absolute Gasteiger partial charge is 0.371 e. The molecule has 0 atom stereocenters. The maximum Gasteiger partial charge on any atom is 0.233 e. The van der Waals surface area contributed by atoms with E-state index in [-0.39, 0.29) is 0 Å². The maximum atomic E-state index is 5.05. The molecule has 0 spiro atoms. The van der Waals surface area contributed by atoms with E-state index >= 15 is 0 Å². The summed E-state index contributed by atoms with van der Waals surface area (Å²) in [5, 5.41) is 8.89. The Bertz CT molecular complexity index is 1280. The van der Waals surface area contributed by atoms with Gasteiger partial charge in [0, 0.05) is 43.5 Å². The van der Waals surface area contributed by atoms with Gasteiger partial charge in [0.25, 0.3) is 0 Å². The van der Waals surface area contributed by atoms with E-state index in [1.807, 2.05) is 0 Å². The van der Waals surface area contributed by atoms with Crippen LogP contribution in [0.4, 0.5) is 11.6 Å². The van der Waals surface area contributed by atoms with Crippen molar-refractivity contribution in [3.05, 3.63) is 42.6 Å². The number of rotatable bonds is 4. The first-order valence-corrected chi connectivity index (χ1v) is 12.4. The van der Waals surface area contributed by atoms with Gasteiger partial charge in [0.15, 0.2) is 11.3 Å². The fourth-order valence-corrected chi connectivity index (χ4v) is 5.35. The third kappa shape index (κ3) is 3.86. The highest BCUT2D eigenvalue weighted by molar-refractivity contribution is 5.79. The van der Waals surface area contributed by atoms with E-state index < -0.39 is 0 Å². The van der Waals surface area contributed by atoms with E-state index in [2.05, 4.69) is 84.8 Å². The van der Waals surface area contributed by atoms with Gasteiger partial charge in [-0.25, -0.2) is 14.4 Å². The van der Waals surface area contributed by atoms with Crippen molar-refractivity contribution in [1.29, 1.82) is 0 Å². The summed E-state index contributed by atoms with van der Waals surface area (Å²) in [5.41, 5.74) is 5.76. The SMILES string of the molecule is CN(C)C1CCN(c2ccc(-c3ccc4ncc5nnc(N6CCCCC6)n5c4n3)cc2)CC1. The Kier molecular flexibility index (Phi) is 5.53. The molecule has 0 N–H and O–H groups in total. The molecule has 0 aliphatic carbocycles. The second kappa shape index (κ2) is 8.83. The molecule has 0 saturated carbocycles. The zero-order chi connectivity index (χ0) is 23.1. The van der Waals surface area contributed by atoms with Gasteiger partial charge in [-0.15, -0.1) is 10.2 Å². The Balaban J connectivity index is 1.31. The summed E-state index contributed by atoms with van der Waals surface area (Å²) < 4.78 is 2.07. The van der Waals surface area contributed by atoms with Crippen LogP contribution in [-0.4, -0.2) is 75.8 Å². The molecule has 8 heteroatoms. The van der Waals surface area contributed by atoms with Crippen molar-refractivity contribution in [1.82, 2.24) is 29.5 Å². The number of hydrogen-bond donors (Lipinski definition) is 0. The van der Waals surface area contributed by atoms with Gasteiger partial charge in [0.2, 0.25) is 5.95 Å². The average molecular weight is 457 g/mol. The smallest absolute Gasteiger partial charge is 0.233 e. The second-order valence-electron chi connectivity index (χ2n) is 9.77. The van der Waals surface area contributed by atoms with Gasteiger partial charge < -0.3 is 14.7 Å². The molecule has 176 valence electrons. The van der Waals surface area contributed by atoms with E-state index in [9.17, 15) is 0 Å². The van der Waals surface area contributed by atoms with Crippen molar-refractivity contribution < 1.29 is 0 Å². The third-order valence-corrected chi connectivity index (χ3v) is 7.42. The van der Waals surface area contributed by atoms with Crippen LogP contribution in [-0.2, 0) is 0 Å². The van der Waals surface area contributed by atoms with E-state index in [1.54, 1.807) is 6.20 Å². The number of pyridine rings is 1. The zero-order valence-electron chi connectivity index (χ0n) is 20.1. The molecule has 0 radical (unpaired) electrons. The predicted octanol–water partition coefficient (Wildman–Crippen LogP) is 3.86. The minimum atomic E-state index is 0.690. The summed E-state index contributed by atoms with van der Waals surface area (Å²) in [4.78, 5) is 16.8. The van der Waals surface area contributed by atoms with Crippen LogP contribution in [0.5, 0.6) is 0 Å². The quantitative estimate of drug-likeness (QED) is 0.462. The molecule has 2 fully saturated rings. The molecule has 2 saturated heterocycles. The molecule has 5 heterocycles. The van der Waals surface area contributed by atoms with Crippen molar-refractivity contribution >= 4 is 28.4 Å². The molecule has 8 nitrogen and oxygen atoms in total. The molecule has 0 bridgehead atoms. The number of benzene rings is 1. The molecule has 0 amide bonds. The van der Waals surface area contributed by atoms with Crippen LogP contribution >= 0.6 is 0 Å². The number of fused-ring (bicyclic) bond motifs is 3. The van der Waals surface area contributed by atoms with Gasteiger partial charge in [0.05, 0.1) is 11.9 Å². The topological polar surface area (TPSA) is 65.7 Å². The molecule has 2 aliphatic heterocycles. The van der Waals surface area contributed by atoms with Crippen molar-refractivity contribution in [2.75, 3.05) is 50.1 Å². The lowest BCUT2D eigenvalue weighted by atomic mass is 10.0. The minimum absolute atomic E-state index is 0.690. The fraction of sp³-hybridized carbons (Fsp3) is 0.462. The Morgan fingerprint density at radius 3 is 2.32 bits per heavy atom. The molecule has 6 rings (SSSR count). The molecule has 2 aliphatic rings.